The van der Waals surface area contributed by atoms with Crippen LogP contribution in [0.4, 0.5) is 0 Å². The molecule has 0 saturated heterocycles. The molecule has 1 aliphatic carbocycles. The highest BCUT2D eigenvalue weighted by Gasteiger charge is 2.45. The van der Waals surface area contributed by atoms with Gasteiger partial charge in [0.15, 0.2) is 0 Å². The van der Waals surface area contributed by atoms with Gasteiger partial charge in [-0.15, -0.1) is 0 Å². The molecule has 1 aliphatic rings. The SMILES string of the molecule is Cc1cc(C)n(Cc2ccc(C(=O)NC3(C(=O)O)CCC3)cc2)n1. The lowest BCUT2D eigenvalue weighted by atomic mass is 9.76. The van der Waals surface area contributed by atoms with Crippen LogP contribution < -0.4 is 5.32 Å². The average molecular weight is 327 g/mol. The number of hydrogen-bond donors (Lipinski definition) is 2. The fraction of sp³-hybridized carbons (Fsp3) is 0.389. The first-order valence-electron chi connectivity index (χ1n) is 8.05. The molecule has 1 amide bonds. The van der Waals surface area contributed by atoms with E-state index in [1.54, 1.807) is 12.1 Å². The number of carbonyl (C=O) groups is 2. The maximum absolute atomic E-state index is 12.3. The molecule has 1 aromatic carbocycles. The van der Waals surface area contributed by atoms with Crippen LogP contribution in [-0.4, -0.2) is 32.3 Å². The van der Waals surface area contributed by atoms with Gasteiger partial charge in [0, 0.05) is 11.3 Å². The van der Waals surface area contributed by atoms with Crippen molar-refractivity contribution in [2.75, 3.05) is 0 Å². The standard InChI is InChI=1S/C18H21N3O3/c1-12-10-13(2)21(20-12)11-14-4-6-15(7-5-14)16(22)19-18(17(23)24)8-3-9-18/h4-7,10H,3,8-9,11H2,1-2H3,(H,19,22)(H,23,24). The Labute approximate surface area is 140 Å². The summed E-state index contributed by atoms with van der Waals surface area (Å²) >= 11 is 0. The van der Waals surface area contributed by atoms with Crippen LogP contribution in [-0.2, 0) is 11.3 Å². The second-order valence-corrected chi connectivity index (χ2v) is 6.48. The van der Waals surface area contributed by atoms with Gasteiger partial charge in [-0.25, -0.2) is 4.79 Å². The molecule has 2 aromatic rings. The number of nitrogens with zero attached hydrogens (tertiary/aromatic N) is 2. The number of rotatable bonds is 5. The Hall–Kier alpha value is -2.63. The maximum atomic E-state index is 12.3. The minimum atomic E-state index is -1.08. The molecule has 24 heavy (non-hydrogen) atoms. The molecule has 0 aliphatic heterocycles. The molecule has 6 heteroatoms. The van der Waals surface area contributed by atoms with E-state index in [4.69, 9.17) is 0 Å². The van der Waals surface area contributed by atoms with E-state index in [-0.39, 0.29) is 5.91 Å². The number of carbonyl (C=O) groups excluding carboxylic acids is 1. The monoisotopic (exact) mass is 327 g/mol. The summed E-state index contributed by atoms with van der Waals surface area (Å²) in [6, 6.07) is 9.22. The topological polar surface area (TPSA) is 84.2 Å². The van der Waals surface area contributed by atoms with Crippen molar-refractivity contribution in [3.8, 4) is 0 Å². The first-order valence-corrected chi connectivity index (χ1v) is 8.05. The third-order valence-corrected chi connectivity index (χ3v) is 4.62. The molecule has 1 aromatic heterocycles. The van der Waals surface area contributed by atoms with Crippen molar-refractivity contribution in [2.24, 2.45) is 0 Å². The molecular weight excluding hydrogens is 306 g/mol. The van der Waals surface area contributed by atoms with Crippen LogP contribution in [0.15, 0.2) is 30.3 Å². The lowest BCUT2D eigenvalue weighted by Crippen LogP contribution is -2.59. The molecule has 0 unspecified atom stereocenters. The minimum Gasteiger partial charge on any atom is -0.480 e. The van der Waals surface area contributed by atoms with Crippen LogP contribution in [0.2, 0.25) is 0 Å². The van der Waals surface area contributed by atoms with Crippen LogP contribution >= 0.6 is 0 Å². The molecule has 1 fully saturated rings. The molecular formula is C18H21N3O3. The van der Waals surface area contributed by atoms with Gasteiger partial charge >= 0.3 is 5.97 Å². The van der Waals surface area contributed by atoms with Gasteiger partial charge in [-0.05, 0) is 56.9 Å². The van der Waals surface area contributed by atoms with Crippen LogP contribution in [0.5, 0.6) is 0 Å². The summed E-state index contributed by atoms with van der Waals surface area (Å²) in [5.74, 6) is -1.29. The van der Waals surface area contributed by atoms with Crippen LogP contribution in [0, 0.1) is 13.8 Å². The molecule has 0 spiro atoms. The Morgan fingerprint density at radius 3 is 2.38 bits per heavy atom. The average Bonchev–Trinajstić information content (AvgIpc) is 2.81. The second-order valence-electron chi connectivity index (χ2n) is 6.48. The summed E-state index contributed by atoms with van der Waals surface area (Å²) in [6.07, 6.45) is 1.81. The lowest BCUT2D eigenvalue weighted by molar-refractivity contribution is -0.148. The van der Waals surface area contributed by atoms with E-state index in [1.807, 2.05) is 36.7 Å². The van der Waals surface area contributed by atoms with Crippen molar-refractivity contribution in [3.63, 3.8) is 0 Å². The molecule has 1 heterocycles. The summed E-state index contributed by atoms with van der Waals surface area (Å²) in [5.41, 5.74) is 2.49. The molecule has 0 radical (unpaired) electrons. The van der Waals surface area contributed by atoms with Gasteiger partial charge in [-0.3, -0.25) is 9.48 Å². The summed E-state index contributed by atoms with van der Waals surface area (Å²) in [4.78, 5) is 23.6. The quantitative estimate of drug-likeness (QED) is 0.882. The summed E-state index contributed by atoms with van der Waals surface area (Å²) in [6.45, 7) is 4.60. The Morgan fingerprint density at radius 1 is 1.25 bits per heavy atom. The predicted octanol–water partition coefficient (Wildman–Crippen LogP) is 2.29. The number of amides is 1. The van der Waals surface area contributed by atoms with E-state index >= 15 is 0 Å². The van der Waals surface area contributed by atoms with Crippen molar-refractivity contribution in [3.05, 3.63) is 52.8 Å². The smallest absolute Gasteiger partial charge is 0.329 e. The van der Waals surface area contributed by atoms with Crippen LogP contribution in [0.1, 0.15) is 46.6 Å². The van der Waals surface area contributed by atoms with E-state index in [0.717, 1.165) is 23.4 Å². The molecule has 0 atom stereocenters. The summed E-state index contributed by atoms with van der Waals surface area (Å²) in [5, 5.41) is 16.4. The first kappa shape index (κ1) is 16.2. The van der Waals surface area contributed by atoms with Gasteiger partial charge < -0.3 is 10.4 Å². The molecule has 1 saturated carbocycles. The fourth-order valence-corrected chi connectivity index (χ4v) is 2.98. The molecule has 6 nitrogen and oxygen atoms in total. The van der Waals surface area contributed by atoms with Crippen LogP contribution in [0.25, 0.3) is 0 Å². The number of carboxylic acids is 1. The van der Waals surface area contributed by atoms with E-state index in [2.05, 4.69) is 10.4 Å². The van der Waals surface area contributed by atoms with E-state index in [9.17, 15) is 14.7 Å². The van der Waals surface area contributed by atoms with Gasteiger partial charge in [-0.1, -0.05) is 12.1 Å². The second kappa shape index (κ2) is 6.11. The van der Waals surface area contributed by atoms with Gasteiger partial charge in [0.1, 0.15) is 5.54 Å². The predicted molar refractivity (Wildman–Crippen MR) is 88.9 cm³/mol. The third kappa shape index (κ3) is 3.04. The molecule has 126 valence electrons. The van der Waals surface area contributed by atoms with Crippen molar-refractivity contribution in [2.45, 2.75) is 45.2 Å². The Bertz CT molecular complexity index is 773. The number of aryl methyl sites for hydroxylation is 2. The van der Waals surface area contributed by atoms with Gasteiger partial charge in [0.25, 0.3) is 5.91 Å². The van der Waals surface area contributed by atoms with Gasteiger partial charge in [0.2, 0.25) is 0 Å². The van der Waals surface area contributed by atoms with E-state index in [0.29, 0.717) is 24.9 Å². The maximum Gasteiger partial charge on any atom is 0.329 e. The van der Waals surface area contributed by atoms with Crippen molar-refractivity contribution >= 4 is 11.9 Å². The number of hydrogen-bond acceptors (Lipinski definition) is 3. The molecule has 3 rings (SSSR count). The third-order valence-electron chi connectivity index (χ3n) is 4.62. The number of nitrogens with one attached hydrogen (secondary N) is 1. The highest BCUT2D eigenvalue weighted by Crippen LogP contribution is 2.32. The normalized spacial score (nSPS) is 15.6. The molecule has 0 bridgehead atoms. The zero-order valence-corrected chi connectivity index (χ0v) is 13.9. The Balaban J connectivity index is 1.69. The zero-order chi connectivity index (χ0) is 17.3. The van der Waals surface area contributed by atoms with Gasteiger partial charge in [-0.2, -0.15) is 5.10 Å². The largest absolute Gasteiger partial charge is 0.480 e. The van der Waals surface area contributed by atoms with E-state index < -0.39 is 11.5 Å². The highest BCUT2D eigenvalue weighted by atomic mass is 16.4. The summed E-state index contributed by atoms with van der Waals surface area (Å²) in [7, 11) is 0. The fourth-order valence-electron chi connectivity index (χ4n) is 2.98. The summed E-state index contributed by atoms with van der Waals surface area (Å²) < 4.78 is 1.91. The van der Waals surface area contributed by atoms with E-state index in [1.165, 1.54) is 0 Å². The number of carboxylic acid groups (broad SMARTS) is 1. The number of benzene rings is 1. The Morgan fingerprint density at radius 2 is 1.92 bits per heavy atom. The number of aromatic nitrogens is 2. The Kier molecular flexibility index (Phi) is 4.13. The lowest BCUT2D eigenvalue weighted by Gasteiger charge is -2.38. The van der Waals surface area contributed by atoms with Crippen molar-refractivity contribution in [1.82, 2.24) is 15.1 Å². The minimum absolute atomic E-state index is 0.338. The molecule has 2 N–H and O–H groups in total. The van der Waals surface area contributed by atoms with Gasteiger partial charge in [0.05, 0.1) is 12.2 Å². The number of aliphatic carboxylic acids is 1. The van der Waals surface area contributed by atoms with Crippen molar-refractivity contribution < 1.29 is 14.7 Å². The van der Waals surface area contributed by atoms with Crippen LogP contribution in [0.3, 0.4) is 0 Å². The highest BCUT2D eigenvalue weighted by molar-refractivity contribution is 5.98. The van der Waals surface area contributed by atoms with Crippen molar-refractivity contribution in [1.29, 1.82) is 0 Å². The zero-order valence-electron chi connectivity index (χ0n) is 13.9. The first-order chi connectivity index (χ1) is 11.4.